The Balaban J connectivity index is 1.92. The van der Waals surface area contributed by atoms with E-state index in [4.69, 9.17) is 16.3 Å². The van der Waals surface area contributed by atoms with E-state index in [9.17, 15) is 13.6 Å². The highest BCUT2D eigenvalue weighted by molar-refractivity contribution is 6.31. The molecule has 0 saturated carbocycles. The molecule has 0 aliphatic heterocycles. The number of nitrogens with one attached hydrogen (secondary N) is 1. The maximum atomic E-state index is 12.5. The van der Waals surface area contributed by atoms with Crippen molar-refractivity contribution in [2.24, 2.45) is 0 Å². The fourth-order valence-corrected chi connectivity index (χ4v) is 3.15. The summed E-state index contributed by atoms with van der Waals surface area (Å²) in [6, 6.07) is 4.75. The van der Waals surface area contributed by atoms with E-state index in [-0.39, 0.29) is 17.4 Å². The summed E-state index contributed by atoms with van der Waals surface area (Å²) < 4.78 is 36.2. The minimum Gasteiger partial charge on any atom is -0.493 e. The lowest BCUT2D eigenvalue weighted by Gasteiger charge is -2.11. The van der Waals surface area contributed by atoms with Crippen LogP contribution in [0.5, 0.6) is 11.5 Å². The van der Waals surface area contributed by atoms with Gasteiger partial charge >= 0.3 is 6.61 Å². The molecule has 0 spiro atoms. The van der Waals surface area contributed by atoms with Crippen LogP contribution in [-0.4, -0.2) is 36.0 Å². The van der Waals surface area contributed by atoms with E-state index < -0.39 is 6.61 Å². The number of nitrogens with zero attached hydrogens (tertiary/aromatic N) is 2. The van der Waals surface area contributed by atoms with E-state index in [1.807, 2.05) is 6.92 Å². The highest BCUT2D eigenvalue weighted by Gasteiger charge is 2.12. The molecule has 0 aliphatic rings. The molecule has 6 nitrogen and oxygen atoms in total. The Kier molecular flexibility index (Phi) is 9.11. The third-order valence-corrected chi connectivity index (χ3v) is 4.79. The Labute approximate surface area is 179 Å². The molecule has 0 fully saturated rings. The van der Waals surface area contributed by atoms with E-state index in [2.05, 4.69) is 22.1 Å². The molecule has 1 amide bonds. The molecule has 0 aliphatic carbocycles. The van der Waals surface area contributed by atoms with Crippen LogP contribution in [-0.2, 0) is 17.8 Å². The van der Waals surface area contributed by atoms with Crippen molar-refractivity contribution in [3.05, 3.63) is 46.2 Å². The number of hydrogen-bond acceptors (Lipinski definition) is 4. The lowest BCUT2D eigenvalue weighted by atomic mass is 10.1. The summed E-state index contributed by atoms with van der Waals surface area (Å²) in [6.07, 6.45) is 5.49. The summed E-state index contributed by atoms with van der Waals surface area (Å²) >= 11 is 6.35. The number of carbonyl (C=O) groups is 1. The first-order chi connectivity index (χ1) is 14.3. The quantitative estimate of drug-likeness (QED) is 0.516. The monoisotopic (exact) mass is 441 g/mol. The third-order valence-electron chi connectivity index (χ3n) is 4.39. The third kappa shape index (κ3) is 6.73. The molecule has 2 rings (SSSR count). The predicted octanol–water partition coefficient (Wildman–Crippen LogP) is 4.63. The molecule has 1 N–H and O–H groups in total. The molecule has 1 aromatic carbocycles. The maximum Gasteiger partial charge on any atom is 0.387 e. The second kappa shape index (κ2) is 11.5. The van der Waals surface area contributed by atoms with E-state index in [0.717, 1.165) is 30.6 Å². The van der Waals surface area contributed by atoms with Gasteiger partial charge < -0.3 is 14.8 Å². The molecule has 30 heavy (non-hydrogen) atoms. The second-order valence-corrected chi connectivity index (χ2v) is 6.96. The molecular formula is C21H26ClF2N3O3. The largest absolute Gasteiger partial charge is 0.493 e. The number of aryl methyl sites for hydroxylation is 2. The Bertz CT molecular complexity index is 885. The molecule has 1 aromatic heterocycles. The van der Waals surface area contributed by atoms with Crippen LogP contribution in [0.4, 0.5) is 8.78 Å². The molecule has 0 bridgehead atoms. The van der Waals surface area contributed by atoms with Crippen molar-refractivity contribution >= 4 is 23.6 Å². The average molecular weight is 442 g/mol. The van der Waals surface area contributed by atoms with E-state index >= 15 is 0 Å². The van der Waals surface area contributed by atoms with Crippen LogP contribution in [0.1, 0.15) is 36.6 Å². The first-order valence-corrected chi connectivity index (χ1v) is 10.0. The molecule has 0 unspecified atom stereocenters. The van der Waals surface area contributed by atoms with Crippen molar-refractivity contribution in [2.75, 3.05) is 13.7 Å². The zero-order chi connectivity index (χ0) is 22.1. The minimum absolute atomic E-state index is 0.0403. The van der Waals surface area contributed by atoms with Gasteiger partial charge in [-0.1, -0.05) is 31.0 Å². The first-order valence-electron chi connectivity index (χ1n) is 9.66. The maximum absolute atomic E-state index is 12.5. The summed E-state index contributed by atoms with van der Waals surface area (Å²) in [7, 11) is 1.38. The van der Waals surface area contributed by atoms with Crippen LogP contribution >= 0.6 is 11.6 Å². The van der Waals surface area contributed by atoms with Crippen molar-refractivity contribution in [2.45, 2.75) is 46.3 Å². The average Bonchev–Trinajstić information content (AvgIpc) is 2.97. The number of aromatic nitrogens is 2. The number of benzene rings is 1. The number of unbranched alkanes of at least 4 members (excludes halogenated alkanes) is 1. The normalized spacial score (nSPS) is 11.3. The van der Waals surface area contributed by atoms with Gasteiger partial charge in [0.25, 0.3) is 0 Å². The molecule has 0 saturated heterocycles. The lowest BCUT2D eigenvalue weighted by molar-refractivity contribution is -0.116. The highest BCUT2D eigenvalue weighted by atomic mass is 35.5. The SMILES string of the molecule is CCCCn1nc(C)c(/C=C/C(=O)NCCc2ccc(OC)c(OC(F)F)c2)c1Cl. The minimum atomic E-state index is -2.94. The number of carbonyl (C=O) groups excluding carboxylic acids is 1. The Morgan fingerprint density at radius 2 is 2.13 bits per heavy atom. The molecule has 164 valence electrons. The van der Waals surface area contributed by atoms with Gasteiger partial charge in [-0.2, -0.15) is 13.9 Å². The van der Waals surface area contributed by atoms with Crippen LogP contribution in [0.25, 0.3) is 6.08 Å². The Morgan fingerprint density at radius 3 is 2.80 bits per heavy atom. The number of methoxy groups -OCH3 is 1. The number of alkyl halides is 2. The summed E-state index contributed by atoms with van der Waals surface area (Å²) in [5.74, 6) is -0.108. The van der Waals surface area contributed by atoms with E-state index in [1.54, 1.807) is 22.9 Å². The van der Waals surface area contributed by atoms with E-state index in [1.165, 1.54) is 19.3 Å². The first kappa shape index (κ1) is 23.7. The summed E-state index contributed by atoms with van der Waals surface area (Å²) in [5, 5.41) is 7.66. The smallest absolute Gasteiger partial charge is 0.387 e. The lowest BCUT2D eigenvalue weighted by Crippen LogP contribution is -2.23. The van der Waals surface area contributed by atoms with Crippen LogP contribution in [0.2, 0.25) is 5.15 Å². The van der Waals surface area contributed by atoms with Gasteiger partial charge in [-0.25, -0.2) is 0 Å². The molecule has 2 aromatic rings. The fourth-order valence-electron chi connectivity index (χ4n) is 2.83. The van der Waals surface area contributed by atoms with Gasteiger partial charge in [-0.15, -0.1) is 0 Å². The van der Waals surface area contributed by atoms with Crippen molar-refractivity contribution in [3.63, 3.8) is 0 Å². The Morgan fingerprint density at radius 1 is 1.37 bits per heavy atom. The van der Waals surface area contributed by atoms with Crippen molar-refractivity contribution in [1.29, 1.82) is 0 Å². The molecule has 1 heterocycles. The van der Waals surface area contributed by atoms with Gasteiger partial charge in [-0.3, -0.25) is 9.48 Å². The predicted molar refractivity (Wildman–Crippen MR) is 112 cm³/mol. The van der Waals surface area contributed by atoms with Gasteiger partial charge in [0, 0.05) is 24.7 Å². The van der Waals surface area contributed by atoms with Crippen LogP contribution in [0.3, 0.4) is 0 Å². The summed E-state index contributed by atoms with van der Waals surface area (Å²) in [6.45, 7) is 2.05. The molecule has 9 heteroatoms. The van der Waals surface area contributed by atoms with Gasteiger partial charge in [-0.05, 0) is 43.5 Å². The van der Waals surface area contributed by atoms with Crippen molar-refractivity contribution in [1.82, 2.24) is 15.1 Å². The number of hydrogen-bond donors (Lipinski definition) is 1. The number of amides is 1. The second-order valence-electron chi connectivity index (χ2n) is 6.60. The fraction of sp³-hybridized carbons (Fsp3) is 0.429. The topological polar surface area (TPSA) is 65.4 Å². The zero-order valence-corrected chi connectivity index (χ0v) is 18.0. The molecule has 0 atom stereocenters. The molecule has 0 radical (unpaired) electrons. The van der Waals surface area contributed by atoms with Gasteiger partial charge in [0.15, 0.2) is 11.5 Å². The van der Waals surface area contributed by atoms with Gasteiger partial charge in [0.2, 0.25) is 5.91 Å². The van der Waals surface area contributed by atoms with Crippen LogP contribution < -0.4 is 14.8 Å². The van der Waals surface area contributed by atoms with Gasteiger partial charge in [0.1, 0.15) is 5.15 Å². The highest BCUT2D eigenvalue weighted by Crippen LogP contribution is 2.29. The van der Waals surface area contributed by atoms with Crippen LogP contribution in [0.15, 0.2) is 24.3 Å². The summed E-state index contributed by atoms with van der Waals surface area (Å²) in [5.41, 5.74) is 2.20. The van der Waals surface area contributed by atoms with Crippen LogP contribution in [0, 0.1) is 6.92 Å². The van der Waals surface area contributed by atoms with E-state index in [0.29, 0.717) is 23.7 Å². The van der Waals surface area contributed by atoms with Gasteiger partial charge in [0.05, 0.1) is 12.8 Å². The standard InChI is InChI=1S/C21H26ClF2N3O3/c1-4-5-12-27-20(22)16(14(2)26-27)7-9-19(28)25-11-10-15-6-8-17(29-3)18(13-15)30-21(23)24/h6-9,13,21H,4-5,10-12H2,1-3H3,(H,25,28)/b9-7+. The van der Waals surface area contributed by atoms with Crippen molar-refractivity contribution in [3.8, 4) is 11.5 Å². The Hall–Kier alpha value is -2.61. The molecular weight excluding hydrogens is 416 g/mol. The number of halogens is 3. The van der Waals surface area contributed by atoms with Crippen molar-refractivity contribution < 1.29 is 23.0 Å². The number of rotatable bonds is 11. The summed E-state index contributed by atoms with van der Waals surface area (Å²) in [4.78, 5) is 12.1. The zero-order valence-electron chi connectivity index (χ0n) is 17.3. The number of ether oxygens (including phenoxy) is 2.